The van der Waals surface area contributed by atoms with E-state index in [2.05, 4.69) is 5.32 Å². The summed E-state index contributed by atoms with van der Waals surface area (Å²) in [4.78, 5) is 86.7. The van der Waals surface area contributed by atoms with Crippen LogP contribution in [0.2, 0.25) is 0 Å². The van der Waals surface area contributed by atoms with Gasteiger partial charge in [0.15, 0.2) is 0 Å². The predicted molar refractivity (Wildman–Crippen MR) is 124 cm³/mol. The third-order valence-corrected chi connectivity index (χ3v) is 3.97. The fourth-order valence-electron chi connectivity index (χ4n) is 2.58. The van der Waals surface area contributed by atoms with Gasteiger partial charge < -0.3 is 34.3 Å². The highest BCUT2D eigenvalue weighted by Crippen LogP contribution is 2.10. The molecule has 0 spiro atoms. The first-order valence-electron chi connectivity index (χ1n) is 11.4. The highest BCUT2D eigenvalue weighted by atomic mass is 16.6. The maximum Gasteiger partial charge on any atom is 0.411 e. The Balaban J connectivity index is 5.84. The zero-order chi connectivity index (χ0) is 28.8. The zero-order valence-corrected chi connectivity index (χ0v) is 21.9. The van der Waals surface area contributed by atoms with Crippen LogP contribution in [0.4, 0.5) is 4.79 Å². The first-order valence-corrected chi connectivity index (χ1v) is 11.4. The number of ether oxygens (including phenoxy) is 4. The molecule has 0 aromatic heterocycles. The predicted octanol–water partition coefficient (Wildman–Crippen LogP) is -0.689. The summed E-state index contributed by atoms with van der Waals surface area (Å²) in [5.41, 5.74) is -1.04. The molecule has 0 aromatic rings. The number of esters is 3. The van der Waals surface area contributed by atoms with Crippen LogP contribution in [0.25, 0.3) is 0 Å². The van der Waals surface area contributed by atoms with Crippen LogP contribution in [0, 0.1) is 0 Å². The molecule has 0 saturated carbocycles. The van der Waals surface area contributed by atoms with Gasteiger partial charge in [-0.15, -0.1) is 0 Å². The van der Waals surface area contributed by atoms with Gasteiger partial charge in [0.1, 0.15) is 31.8 Å². The van der Waals surface area contributed by atoms with Crippen molar-refractivity contribution < 1.29 is 57.6 Å². The van der Waals surface area contributed by atoms with Gasteiger partial charge in [0.25, 0.3) is 0 Å². The summed E-state index contributed by atoms with van der Waals surface area (Å²) in [6.07, 6.45) is -1.13. The molecule has 0 radical (unpaired) electrons. The van der Waals surface area contributed by atoms with Gasteiger partial charge in [-0.1, -0.05) is 0 Å². The molecule has 0 aliphatic heterocycles. The van der Waals surface area contributed by atoms with Gasteiger partial charge in [-0.25, -0.2) is 14.4 Å². The van der Waals surface area contributed by atoms with Crippen LogP contribution in [0.3, 0.4) is 0 Å². The summed E-state index contributed by atoms with van der Waals surface area (Å²) in [6.45, 7) is 5.50. The average molecular weight is 534 g/mol. The second-order valence-electron chi connectivity index (χ2n) is 8.29. The molecule has 0 aliphatic carbocycles. The molecule has 0 heterocycles. The molecule has 0 saturated heterocycles. The van der Waals surface area contributed by atoms with E-state index >= 15 is 0 Å². The average Bonchev–Trinajstić information content (AvgIpc) is 2.75. The summed E-state index contributed by atoms with van der Waals surface area (Å²) in [6, 6.07) is -1.84. The highest BCUT2D eigenvalue weighted by Gasteiger charge is 2.34. The normalized spacial score (nSPS) is 10.7. The smallest absolute Gasteiger partial charge is 0.411 e. The SMILES string of the molecule is CCOC(=O)CN(CC(=O)O)C(=O)CN(CC(=O)NC(C(=O)OCC)C(=O)OCC)C(=O)OC(C)(C)C. The summed E-state index contributed by atoms with van der Waals surface area (Å²) in [5, 5.41) is 11.2. The van der Waals surface area contributed by atoms with Crippen molar-refractivity contribution in [3.63, 3.8) is 0 Å². The standard InChI is InChI=1S/C22H35N3O12/c1-7-34-17(30)13-24(12-16(28)29)15(27)11-25(21(33)37-22(4,5)6)10-14(26)23-18(19(31)35-8-2)20(32)36-9-3/h18H,7-13H2,1-6H3,(H,23,26)(H,28,29). The molecule has 37 heavy (non-hydrogen) atoms. The molecular weight excluding hydrogens is 498 g/mol. The van der Waals surface area contributed by atoms with Crippen molar-refractivity contribution in [3.8, 4) is 0 Å². The van der Waals surface area contributed by atoms with Crippen LogP contribution in [0.1, 0.15) is 41.5 Å². The van der Waals surface area contributed by atoms with E-state index in [1.807, 2.05) is 0 Å². The number of carboxylic acid groups (broad SMARTS) is 1. The van der Waals surface area contributed by atoms with Crippen molar-refractivity contribution in [1.29, 1.82) is 0 Å². The summed E-state index contributed by atoms with van der Waals surface area (Å²) in [5.74, 6) is -6.59. The fraction of sp³-hybridized carbons (Fsp3) is 0.682. The first-order chi connectivity index (χ1) is 17.1. The third kappa shape index (κ3) is 13.7. The van der Waals surface area contributed by atoms with E-state index in [0.29, 0.717) is 9.80 Å². The van der Waals surface area contributed by atoms with Gasteiger partial charge in [-0.3, -0.25) is 24.1 Å². The Kier molecular flexibility index (Phi) is 14.3. The van der Waals surface area contributed by atoms with Crippen molar-refractivity contribution in [2.45, 2.75) is 53.2 Å². The van der Waals surface area contributed by atoms with Crippen LogP contribution < -0.4 is 5.32 Å². The van der Waals surface area contributed by atoms with E-state index < -0.39 is 79.6 Å². The van der Waals surface area contributed by atoms with Gasteiger partial charge in [0, 0.05) is 0 Å². The van der Waals surface area contributed by atoms with Gasteiger partial charge in [-0.2, -0.15) is 0 Å². The van der Waals surface area contributed by atoms with Crippen molar-refractivity contribution in [2.75, 3.05) is 46.0 Å². The number of hydrogen-bond donors (Lipinski definition) is 2. The van der Waals surface area contributed by atoms with Gasteiger partial charge in [0.2, 0.25) is 17.9 Å². The molecule has 210 valence electrons. The van der Waals surface area contributed by atoms with Crippen molar-refractivity contribution in [2.24, 2.45) is 0 Å². The second-order valence-corrected chi connectivity index (χ2v) is 8.29. The van der Waals surface area contributed by atoms with Crippen molar-refractivity contribution in [1.82, 2.24) is 15.1 Å². The Morgan fingerprint density at radius 1 is 0.757 bits per heavy atom. The number of hydrogen-bond acceptors (Lipinski definition) is 11. The minimum absolute atomic E-state index is 0.0137. The quantitative estimate of drug-likeness (QED) is 0.162. The van der Waals surface area contributed by atoms with Crippen molar-refractivity contribution >= 4 is 41.8 Å². The van der Waals surface area contributed by atoms with E-state index in [1.165, 1.54) is 41.5 Å². The third-order valence-electron chi connectivity index (χ3n) is 3.97. The molecule has 2 N–H and O–H groups in total. The Morgan fingerprint density at radius 2 is 1.27 bits per heavy atom. The molecule has 0 bridgehead atoms. The minimum atomic E-state index is -1.84. The lowest BCUT2D eigenvalue weighted by Gasteiger charge is -2.29. The Morgan fingerprint density at radius 3 is 1.70 bits per heavy atom. The topological polar surface area (TPSA) is 195 Å². The number of nitrogens with one attached hydrogen (secondary N) is 1. The molecule has 0 aliphatic rings. The molecule has 0 aromatic carbocycles. The molecule has 0 fully saturated rings. The summed E-state index contributed by atoms with van der Waals surface area (Å²) >= 11 is 0. The Bertz CT molecular complexity index is 834. The Labute approximate surface area is 214 Å². The monoisotopic (exact) mass is 533 g/mol. The minimum Gasteiger partial charge on any atom is -0.480 e. The first kappa shape index (κ1) is 33.1. The Hall–Kier alpha value is -3.91. The summed E-state index contributed by atoms with van der Waals surface area (Å²) < 4.78 is 19.5. The number of carboxylic acids is 1. The molecule has 15 nitrogen and oxygen atoms in total. The fourth-order valence-corrected chi connectivity index (χ4v) is 2.58. The van der Waals surface area contributed by atoms with E-state index in [0.717, 1.165) is 0 Å². The zero-order valence-electron chi connectivity index (χ0n) is 21.9. The van der Waals surface area contributed by atoms with E-state index in [9.17, 15) is 33.6 Å². The lowest BCUT2D eigenvalue weighted by atomic mass is 10.2. The number of carbonyl (C=O) groups excluding carboxylic acids is 6. The largest absolute Gasteiger partial charge is 0.480 e. The highest BCUT2D eigenvalue weighted by molar-refractivity contribution is 6.03. The number of carbonyl (C=O) groups is 7. The van der Waals surface area contributed by atoms with Crippen LogP contribution in [0.15, 0.2) is 0 Å². The van der Waals surface area contributed by atoms with Crippen molar-refractivity contribution in [3.05, 3.63) is 0 Å². The van der Waals surface area contributed by atoms with E-state index in [1.54, 1.807) is 0 Å². The number of nitrogens with zero attached hydrogens (tertiary/aromatic N) is 2. The van der Waals surface area contributed by atoms with Gasteiger partial charge in [0.05, 0.1) is 19.8 Å². The van der Waals surface area contributed by atoms with Crippen LogP contribution >= 0.6 is 0 Å². The molecule has 0 atom stereocenters. The lowest BCUT2D eigenvalue weighted by molar-refractivity contribution is -0.159. The number of rotatable bonds is 14. The molecule has 3 amide bonds. The maximum atomic E-state index is 12.8. The maximum absolute atomic E-state index is 12.8. The van der Waals surface area contributed by atoms with Crippen LogP contribution in [-0.2, 0) is 47.7 Å². The summed E-state index contributed by atoms with van der Waals surface area (Å²) in [7, 11) is 0. The van der Waals surface area contributed by atoms with Gasteiger partial charge >= 0.3 is 30.0 Å². The lowest BCUT2D eigenvalue weighted by Crippen LogP contribution is -2.54. The second kappa shape index (κ2) is 16.0. The van der Waals surface area contributed by atoms with Crippen LogP contribution in [-0.4, -0.2) is 114 Å². The van der Waals surface area contributed by atoms with E-state index in [4.69, 9.17) is 24.1 Å². The molecule has 0 unspecified atom stereocenters. The molecule has 15 heteroatoms. The van der Waals surface area contributed by atoms with Gasteiger partial charge in [-0.05, 0) is 41.5 Å². The number of aliphatic carboxylic acids is 1. The van der Waals surface area contributed by atoms with Crippen LogP contribution in [0.5, 0.6) is 0 Å². The molecule has 0 rings (SSSR count). The molecular formula is C22H35N3O12. The number of amides is 3. The van der Waals surface area contributed by atoms with E-state index in [-0.39, 0.29) is 19.8 Å².